The summed E-state index contributed by atoms with van der Waals surface area (Å²) in [6.07, 6.45) is 5.58. The number of aromatic nitrogens is 3. The van der Waals surface area contributed by atoms with Crippen LogP contribution < -0.4 is 4.90 Å². The molecule has 8 nitrogen and oxygen atoms in total. The smallest absolute Gasteiger partial charge is 0.247 e. The molecule has 2 saturated heterocycles. The molecular weight excluding hydrogens is 306 g/mol. The number of fused-ring (bicyclic) bond motifs is 1. The van der Waals surface area contributed by atoms with Crippen LogP contribution in [0.15, 0.2) is 30.6 Å². The van der Waals surface area contributed by atoms with Crippen LogP contribution in [0, 0.1) is 11.5 Å². The highest BCUT2D eigenvalue weighted by Crippen LogP contribution is 2.23. The van der Waals surface area contributed by atoms with Gasteiger partial charge in [0.1, 0.15) is 11.9 Å². The van der Waals surface area contributed by atoms with E-state index in [-0.39, 0.29) is 11.9 Å². The van der Waals surface area contributed by atoms with Crippen molar-refractivity contribution in [2.75, 3.05) is 37.6 Å². The number of nitriles is 1. The number of carbonyl (C=O) groups is 1. The summed E-state index contributed by atoms with van der Waals surface area (Å²) in [6, 6.07) is 5.40. The van der Waals surface area contributed by atoms with Gasteiger partial charge in [-0.3, -0.25) is 19.7 Å². The molecule has 0 aromatic carbocycles. The third-order valence-corrected chi connectivity index (χ3v) is 4.63. The molecule has 1 unspecified atom stereocenters. The number of piperazine rings is 2. The number of nitrogens with one attached hydrogen (secondary N) is 1. The fourth-order valence-electron chi connectivity index (χ4n) is 3.28. The van der Waals surface area contributed by atoms with Gasteiger partial charge in [-0.05, 0) is 18.2 Å². The van der Waals surface area contributed by atoms with Gasteiger partial charge in [0.2, 0.25) is 5.91 Å². The number of hydrogen-bond acceptors (Lipinski definition) is 6. The highest BCUT2D eigenvalue weighted by Gasteiger charge is 2.39. The predicted molar refractivity (Wildman–Crippen MR) is 86.7 cm³/mol. The summed E-state index contributed by atoms with van der Waals surface area (Å²) in [4.78, 5) is 22.8. The second-order valence-corrected chi connectivity index (χ2v) is 5.96. The number of hydrogen-bond donors (Lipinski definition) is 1. The summed E-state index contributed by atoms with van der Waals surface area (Å²) >= 11 is 0. The first-order valence-electron chi connectivity index (χ1n) is 7.92. The molecule has 2 aliphatic heterocycles. The van der Waals surface area contributed by atoms with Crippen molar-refractivity contribution >= 4 is 11.7 Å². The number of H-pyrrole nitrogens is 1. The molecule has 2 aliphatic rings. The Morgan fingerprint density at radius 1 is 1.21 bits per heavy atom. The van der Waals surface area contributed by atoms with Gasteiger partial charge in [0, 0.05) is 44.1 Å². The van der Waals surface area contributed by atoms with Gasteiger partial charge in [0.05, 0.1) is 12.2 Å². The Balaban J connectivity index is 1.54. The molecule has 0 aliphatic carbocycles. The van der Waals surface area contributed by atoms with E-state index in [4.69, 9.17) is 5.26 Å². The van der Waals surface area contributed by atoms with E-state index in [1.54, 1.807) is 22.2 Å². The zero-order valence-corrected chi connectivity index (χ0v) is 13.1. The lowest BCUT2D eigenvalue weighted by molar-refractivity contribution is -0.127. The molecule has 1 atom stereocenters. The number of carbonyl (C=O) groups excluding carboxylic acids is 1. The first-order valence-corrected chi connectivity index (χ1v) is 7.92. The maximum absolute atomic E-state index is 12.8. The molecule has 1 amide bonds. The minimum absolute atomic E-state index is 0.0167. The van der Waals surface area contributed by atoms with Crippen LogP contribution >= 0.6 is 0 Å². The number of nitrogens with zero attached hydrogens (tertiary/aromatic N) is 6. The van der Waals surface area contributed by atoms with E-state index in [9.17, 15) is 4.79 Å². The molecule has 24 heavy (non-hydrogen) atoms. The number of amides is 1. The van der Waals surface area contributed by atoms with E-state index >= 15 is 0 Å². The van der Waals surface area contributed by atoms with Gasteiger partial charge in [-0.2, -0.15) is 10.4 Å². The summed E-state index contributed by atoms with van der Waals surface area (Å²) in [6.45, 7) is 3.33. The molecule has 0 bridgehead atoms. The Morgan fingerprint density at radius 2 is 2.08 bits per heavy atom. The zero-order valence-electron chi connectivity index (χ0n) is 13.1. The van der Waals surface area contributed by atoms with Crippen molar-refractivity contribution in [3.05, 3.63) is 30.6 Å². The van der Waals surface area contributed by atoms with Crippen LogP contribution in [-0.2, 0) is 4.79 Å². The summed E-state index contributed by atoms with van der Waals surface area (Å²) in [5.74, 6) is 0.667. The molecule has 2 aromatic heterocycles. The van der Waals surface area contributed by atoms with Gasteiger partial charge in [0.25, 0.3) is 0 Å². The Morgan fingerprint density at radius 3 is 2.79 bits per heavy atom. The van der Waals surface area contributed by atoms with Crippen LogP contribution in [0.5, 0.6) is 0 Å². The Kier molecular flexibility index (Phi) is 3.63. The fraction of sp³-hybridized carbons (Fsp3) is 0.375. The first-order chi connectivity index (χ1) is 11.8. The van der Waals surface area contributed by atoms with Crippen molar-refractivity contribution < 1.29 is 4.79 Å². The zero-order chi connectivity index (χ0) is 16.5. The average molecular weight is 323 g/mol. The molecule has 2 fully saturated rings. The van der Waals surface area contributed by atoms with Gasteiger partial charge in [-0.1, -0.05) is 0 Å². The molecule has 8 heteroatoms. The normalized spacial score (nSPS) is 21.5. The summed E-state index contributed by atoms with van der Waals surface area (Å²) in [7, 11) is 0. The predicted octanol–water partition coefficient (Wildman–Crippen LogP) is 0.286. The Labute approximate surface area is 139 Å². The lowest BCUT2D eigenvalue weighted by atomic mass is 10.1. The van der Waals surface area contributed by atoms with Crippen LogP contribution in [0.2, 0.25) is 0 Å². The van der Waals surface area contributed by atoms with Crippen molar-refractivity contribution in [1.29, 1.82) is 5.26 Å². The van der Waals surface area contributed by atoms with E-state index in [1.165, 1.54) is 0 Å². The van der Waals surface area contributed by atoms with Crippen LogP contribution in [0.25, 0.3) is 11.3 Å². The van der Waals surface area contributed by atoms with E-state index < -0.39 is 0 Å². The van der Waals surface area contributed by atoms with Crippen molar-refractivity contribution in [3.63, 3.8) is 0 Å². The van der Waals surface area contributed by atoms with E-state index in [0.29, 0.717) is 25.5 Å². The van der Waals surface area contributed by atoms with Gasteiger partial charge < -0.3 is 4.90 Å². The third kappa shape index (κ3) is 2.49. The quantitative estimate of drug-likeness (QED) is 0.799. The van der Waals surface area contributed by atoms with Gasteiger partial charge in [0.15, 0.2) is 6.19 Å². The van der Waals surface area contributed by atoms with E-state index in [1.807, 2.05) is 18.2 Å². The maximum atomic E-state index is 12.8. The Bertz CT molecular complexity index is 765. The average Bonchev–Trinajstić information content (AvgIpc) is 3.17. The maximum Gasteiger partial charge on any atom is 0.247 e. The lowest BCUT2D eigenvalue weighted by Gasteiger charge is -2.44. The second-order valence-electron chi connectivity index (χ2n) is 5.96. The number of anilines is 1. The standard InChI is InChI=1S/C16H17N7O/c17-11-21-5-6-22-7-8-23(16(24)14(22)10-21)15-2-1-12(9-18-15)13-3-4-19-20-13/h1-4,9,14H,5-8,10H2,(H,19,20). The number of pyridine rings is 1. The molecule has 2 aromatic rings. The van der Waals surface area contributed by atoms with Crippen molar-refractivity contribution in [2.45, 2.75) is 6.04 Å². The molecule has 0 saturated carbocycles. The topological polar surface area (TPSA) is 92.2 Å². The minimum Gasteiger partial charge on any atom is -0.307 e. The molecule has 122 valence electrons. The number of aromatic amines is 1. The molecular formula is C16H17N7O. The molecule has 0 radical (unpaired) electrons. The largest absolute Gasteiger partial charge is 0.307 e. The summed E-state index contributed by atoms with van der Waals surface area (Å²) in [5.41, 5.74) is 1.82. The van der Waals surface area contributed by atoms with Crippen LogP contribution in [0.3, 0.4) is 0 Å². The second kappa shape index (κ2) is 5.94. The molecule has 0 spiro atoms. The van der Waals surface area contributed by atoms with Crippen molar-refractivity contribution in [1.82, 2.24) is 25.0 Å². The van der Waals surface area contributed by atoms with Gasteiger partial charge in [-0.15, -0.1) is 0 Å². The molecule has 4 rings (SSSR count). The third-order valence-electron chi connectivity index (χ3n) is 4.63. The highest BCUT2D eigenvalue weighted by molar-refractivity contribution is 5.97. The van der Waals surface area contributed by atoms with Crippen molar-refractivity contribution in [3.8, 4) is 17.5 Å². The Hall–Kier alpha value is -2.92. The highest BCUT2D eigenvalue weighted by atomic mass is 16.2. The SMILES string of the molecule is N#CN1CCN2CCN(c3ccc(-c4ccn[nH]4)cn3)C(=O)C2C1. The number of rotatable bonds is 2. The lowest BCUT2D eigenvalue weighted by Crippen LogP contribution is -2.64. The van der Waals surface area contributed by atoms with Crippen LogP contribution in [0.1, 0.15) is 0 Å². The van der Waals surface area contributed by atoms with Crippen LogP contribution in [0.4, 0.5) is 5.82 Å². The van der Waals surface area contributed by atoms with Crippen LogP contribution in [-0.4, -0.2) is 69.7 Å². The summed E-state index contributed by atoms with van der Waals surface area (Å²) in [5, 5.41) is 15.9. The van der Waals surface area contributed by atoms with Gasteiger partial charge >= 0.3 is 0 Å². The first kappa shape index (κ1) is 14.7. The fourth-order valence-corrected chi connectivity index (χ4v) is 3.28. The van der Waals surface area contributed by atoms with E-state index in [2.05, 4.69) is 26.3 Å². The van der Waals surface area contributed by atoms with Gasteiger partial charge in [-0.25, -0.2) is 4.98 Å². The summed E-state index contributed by atoms with van der Waals surface area (Å²) < 4.78 is 0. The minimum atomic E-state index is -0.263. The molecule has 1 N–H and O–H groups in total. The molecule has 4 heterocycles. The monoisotopic (exact) mass is 323 g/mol. The van der Waals surface area contributed by atoms with Crippen molar-refractivity contribution in [2.24, 2.45) is 0 Å². The van der Waals surface area contributed by atoms with E-state index in [0.717, 1.165) is 24.3 Å².